The van der Waals surface area contributed by atoms with E-state index in [1.54, 1.807) is 31.2 Å². The van der Waals surface area contributed by atoms with E-state index in [-0.39, 0.29) is 25.3 Å². The number of carboxylic acid groups (broad SMARTS) is 1. The van der Waals surface area contributed by atoms with E-state index in [1.165, 1.54) is 23.1 Å². The summed E-state index contributed by atoms with van der Waals surface area (Å²) in [5, 5.41) is 11.6. The van der Waals surface area contributed by atoms with Crippen molar-refractivity contribution in [2.75, 3.05) is 31.6 Å². The monoisotopic (exact) mass is 524 g/mol. The Morgan fingerprint density at radius 2 is 1.70 bits per heavy atom. The third-order valence-electron chi connectivity index (χ3n) is 5.66. The average Bonchev–Trinajstić information content (AvgIpc) is 2.85. The van der Waals surface area contributed by atoms with Crippen molar-refractivity contribution in [3.05, 3.63) is 59.7 Å². The molecule has 0 aliphatic heterocycles. The Morgan fingerprint density at radius 3 is 2.32 bits per heavy atom. The highest BCUT2D eigenvalue weighted by atomic mass is 19.4. The molecule has 0 bridgehead atoms. The molecule has 2 rings (SSSR count). The first-order valence-corrected chi connectivity index (χ1v) is 12.4. The molecule has 0 radical (unpaired) electrons. The molecule has 0 aromatic heterocycles. The van der Waals surface area contributed by atoms with Crippen LogP contribution in [0, 0.1) is 0 Å². The molecule has 2 aromatic rings. The largest absolute Gasteiger partial charge is 0.492 e. The molecule has 2 amide bonds. The zero-order valence-electron chi connectivity index (χ0n) is 21.2. The number of halogens is 3. The van der Waals surface area contributed by atoms with Gasteiger partial charge in [0, 0.05) is 19.6 Å². The van der Waals surface area contributed by atoms with Crippen LogP contribution in [0.3, 0.4) is 0 Å². The molecule has 0 aliphatic carbocycles. The van der Waals surface area contributed by atoms with E-state index >= 15 is 0 Å². The van der Waals surface area contributed by atoms with Crippen LogP contribution in [0.4, 0.5) is 23.7 Å². The third-order valence-corrected chi connectivity index (χ3v) is 5.66. The van der Waals surface area contributed by atoms with E-state index in [2.05, 4.69) is 12.2 Å². The number of alkyl halides is 3. The van der Waals surface area contributed by atoms with Crippen molar-refractivity contribution in [3.63, 3.8) is 0 Å². The van der Waals surface area contributed by atoms with Gasteiger partial charge in [-0.3, -0.25) is 0 Å². The van der Waals surface area contributed by atoms with Crippen LogP contribution in [0.15, 0.2) is 48.5 Å². The van der Waals surface area contributed by atoms with Gasteiger partial charge < -0.3 is 24.8 Å². The number of carboxylic acids is 1. The summed E-state index contributed by atoms with van der Waals surface area (Å²) in [6, 6.07) is 11.1. The molecule has 37 heavy (non-hydrogen) atoms. The molecule has 10 heteroatoms. The van der Waals surface area contributed by atoms with Gasteiger partial charge in [-0.15, -0.1) is 0 Å². The number of unbranched alkanes of at least 4 members (excludes halogenated alkanes) is 3. The summed E-state index contributed by atoms with van der Waals surface area (Å²) in [5.74, 6) is -0.502. The number of hydrogen-bond donors (Lipinski definition) is 2. The van der Waals surface area contributed by atoms with Crippen molar-refractivity contribution in [1.82, 2.24) is 4.90 Å². The molecule has 0 saturated carbocycles. The Labute approximate surface area is 215 Å². The van der Waals surface area contributed by atoms with Gasteiger partial charge in [-0.2, -0.15) is 13.2 Å². The van der Waals surface area contributed by atoms with Crippen molar-refractivity contribution in [2.24, 2.45) is 0 Å². The van der Waals surface area contributed by atoms with Crippen LogP contribution >= 0.6 is 0 Å². The Kier molecular flexibility index (Phi) is 12.2. The minimum Gasteiger partial charge on any atom is -0.492 e. The fourth-order valence-electron chi connectivity index (χ4n) is 3.71. The van der Waals surface area contributed by atoms with E-state index < -0.39 is 29.8 Å². The molecule has 1 atom stereocenters. The lowest BCUT2D eigenvalue weighted by atomic mass is 10.1. The van der Waals surface area contributed by atoms with Gasteiger partial charge in [-0.25, -0.2) is 9.59 Å². The number of rotatable bonds is 15. The van der Waals surface area contributed by atoms with Crippen LogP contribution in [0.1, 0.15) is 50.7 Å². The number of amides is 2. The van der Waals surface area contributed by atoms with Gasteiger partial charge in [0.25, 0.3) is 0 Å². The van der Waals surface area contributed by atoms with Crippen LogP contribution in [-0.4, -0.2) is 54.4 Å². The van der Waals surface area contributed by atoms with E-state index in [1.807, 2.05) is 0 Å². The number of benzene rings is 2. The van der Waals surface area contributed by atoms with Crippen molar-refractivity contribution in [2.45, 2.75) is 58.2 Å². The van der Waals surface area contributed by atoms with Crippen LogP contribution < -0.4 is 10.1 Å². The number of para-hydroxylation sites is 1. The van der Waals surface area contributed by atoms with E-state index in [0.717, 1.165) is 37.3 Å². The van der Waals surface area contributed by atoms with Gasteiger partial charge in [0.1, 0.15) is 12.4 Å². The van der Waals surface area contributed by atoms with Crippen LogP contribution in [0.5, 0.6) is 5.75 Å². The van der Waals surface area contributed by atoms with E-state index in [0.29, 0.717) is 18.9 Å². The number of urea groups is 1. The first-order valence-electron chi connectivity index (χ1n) is 12.4. The highest BCUT2D eigenvalue weighted by molar-refractivity contribution is 5.90. The maximum atomic E-state index is 13.3. The fraction of sp³-hybridized carbons (Fsp3) is 0.481. The molecule has 0 heterocycles. The minimum atomic E-state index is -4.59. The second-order valence-corrected chi connectivity index (χ2v) is 8.50. The number of carbonyl (C=O) groups excluding carboxylic acids is 1. The summed E-state index contributed by atoms with van der Waals surface area (Å²) in [4.78, 5) is 25.6. The standard InChI is InChI=1S/C27H35F3N2O5/c1-3-5-6-9-16-32(26(35)31-23-11-8-7-10-22(23)27(28,29)30)17-18-37-21-14-12-20(13-15-21)19-24(25(33)34)36-4-2/h7-8,10-15,24H,3-6,9,16-19H2,1-2H3,(H,31,35)(H,33,34). The van der Waals surface area contributed by atoms with Crippen LogP contribution in [0.25, 0.3) is 0 Å². The fourth-order valence-corrected chi connectivity index (χ4v) is 3.71. The summed E-state index contributed by atoms with van der Waals surface area (Å²) in [5.41, 5.74) is -0.421. The summed E-state index contributed by atoms with van der Waals surface area (Å²) >= 11 is 0. The normalized spacial score (nSPS) is 12.1. The lowest BCUT2D eigenvalue weighted by molar-refractivity contribution is -0.150. The van der Waals surface area contributed by atoms with Crippen LogP contribution in [-0.2, 0) is 22.1 Å². The summed E-state index contributed by atoms with van der Waals surface area (Å²) in [7, 11) is 0. The molecular formula is C27H35F3N2O5. The number of aliphatic carboxylic acids is 1. The Morgan fingerprint density at radius 1 is 1.00 bits per heavy atom. The topological polar surface area (TPSA) is 88.1 Å². The number of hydrogen-bond acceptors (Lipinski definition) is 4. The predicted molar refractivity (Wildman–Crippen MR) is 135 cm³/mol. The highest BCUT2D eigenvalue weighted by Crippen LogP contribution is 2.34. The number of carbonyl (C=O) groups is 2. The minimum absolute atomic E-state index is 0.137. The molecule has 0 spiro atoms. The smallest absolute Gasteiger partial charge is 0.418 e. The highest BCUT2D eigenvalue weighted by Gasteiger charge is 2.34. The SMILES string of the molecule is CCCCCCN(CCOc1ccc(CC(OCC)C(=O)O)cc1)C(=O)Nc1ccccc1C(F)(F)F. The second kappa shape index (κ2) is 15.1. The van der Waals surface area contributed by atoms with Crippen molar-refractivity contribution >= 4 is 17.7 Å². The first kappa shape index (κ1) is 30.0. The molecular weight excluding hydrogens is 489 g/mol. The third kappa shape index (κ3) is 10.3. The Hall–Kier alpha value is -3.27. The van der Waals surface area contributed by atoms with Crippen molar-refractivity contribution < 1.29 is 37.3 Å². The Bertz CT molecular complexity index is 983. The molecule has 2 N–H and O–H groups in total. The summed E-state index contributed by atoms with van der Waals surface area (Å²) < 4.78 is 51.0. The molecule has 0 saturated heterocycles. The number of nitrogens with one attached hydrogen (secondary N) is 1. The number of nitrogens with zero attached hydrogens (tertiary/aromatic N) is 1. The maximum Gasteiger partial charge on any atom is 0.418 e. The van der Waals surface area contributed by atoms with Crippen molar-refractivity contribution in [1.29, 1.82) is 0 Å². The van der Waals surface area contributed by atoms with E-state index in [9.17, 15) is 27.9 Å². The average molecular weight is 525 g/mol. The zero-order valence-corrected chi connectivity index (χ0v) is 21.2. The molecule has 7 nitrogen and oxygen atoms in total. The zero-order chi connectivity index (χ0) is 27.3. The van der Waals surface area contributed by atoms with Gasteiger partial charge in [-0.1, -0.05) is 50.5 Å². The molecule has 1 unspecified atom stereocenters. The predicted octanol–water partition coefficient (Wildman–Crippen LogP) is 6.23. The van der Waals surface area contributed by atoms with Crippen LogP contribution in [0.2, 0.25) is 0 Å². The summed E-state index contributed by atoms with van der Waals surface area (Å²) in [6.45, 7) is 4.79. The molecule has 204 valence electrons. The number of anilines is 1. The Balaban J connectivity index is 1.99. The lowest BCUT2D eigenvalue weighted by Gasteiger charge is -2.24. The van der Waals surface area contributed by atoms with Crippen molar-refractivity contribution in [3.8, 4) is 5.75 Å². The van der Waals surface area contributed by atoms with Gasteiger partial charge in [0.2, 0.25) is 0 Å². The molecule has 0 aliphatic rings. The summed E-state index contributed by atoms with van der Waals surface area (Å²) in [6.07, 6.45) is -1.66. The maximum absolute atomic E-state index is 13.3. The number of ether oxygens (including phenoxy) is 2. The van der Waals surface area contributed by atoms with Gasteiger partial charge in [0.15, 0.2) is 6.10 Å². The van der Waals surface area contributed by atoms with Gasteiger partial charge in [0.05, 0.1) is 17.8 Å². The molecule has 0 fully saturated rings. The lowest BCUT2D eigenvalue weighted by Crippen LogP contribution is -2.39. The quantitative estimate of drug-likeness (QED) is 0.270. The first-order chi connectivity index (χ1) is 17.7. The van der Waals surface area contributed by atoms with Gasteiger partial charge >= 0.3 is 18.2 Å². The second-order valence-electron chi connectivity index (χ2n) is 8.50. The molecule has 2 aromatic carbocycles. The van der Waals surface area contributed by atoms with Gasteiger partial charge in [-0.05, 0) is 43.2 Å². The van der Waals surface area contributed by atoms with E-state index in [4.69, 9.17) is 9.47 Å².